The second-order valence-electron chi connectivity index (χ2n) is 3.87. The zero-order chi connectivity index (χ0) is 10.0. The van der Waals surface area contributed by atoms with E-state index in [1.807, 2.05) is 20.8 Å². The number of hydrogen-bond acceptors (Lipinski definition) is 2. The van der Waals surface area contributed by atoms with Crippen LogP contribution in [0.5, 0.6) is 0 Å². The largest absolute Gasteiger partial charge is 0.279 e. The smallest absolute Gasteiger partial charge is 0.253 e. The van der Waals surface area contributed by atoms with Gasteiger partial charge in [-0.1, -0.05) is 12.5 Å². The number of imide groups is 1. The molecule has 3 nitrogen and oxygen atoms in total. The molecule has 3 heteroatoms. The Balaban J connectivity index is 2.68. The molecule has 2 amide bonds. The zero-order valence-electron chi connectivity index (χ0n) is 8.33. The Morgan fingerprint density at radius 2 is 2.15 bits per heavy atom. The van der Waals surface area contributed by atoms with Crippen molar-refractivity contribution in [2.24, 2.45) is 5.92 Å². The fourth-order valence-electron chi connectivity index (χ4n) is 1.42. The zero-order valence-corrected chi connectivity index (χ0v) is 8.33. The first-order chi connectivity index (χ1) is 6.00. The summed E-state index contributed by atoms with van der Waals surface area (Å²) in [6, 6.07) is 0. The quantitative estimate of drug-likeness (QED) is 0.572. The van der Waals surface area contributed by atoms with Gasteiger partial charge in [0.15, 0.2) is 0 Å². The van der Waals surface area contributed by atoms with Gasteiger partial charge in [-0.15, -0.1) is 0 Å². The molecule has 0 aromatic rings. The third-order valence-corrected chi connectivity index (χ3v) is 2.00. The van der Waals surface area contributed by atoms with Crippen LogP contribution in [0.3, 0.4) is 0 Å². The van der Waals surface area contributed by atoms with Gasteiger partial charge in [-0.25, -0.2) is 0 Å². The SMILES string of the molecule is CC(C)=CC(=O)N1CC(C)CC1=O. The molecule has 0 spiro atoms. The van der Waals surface area contributed by atoms with E-state index in [0.717, 1.165) is 5.57 Å². The minimum Gasteiger partial charge on any atom is -0.279 e. The molecule has 0 N–H and O–H groups in total. The number of carbonyl (C=O) groups excluding carboxylic acids is 2. The first kappa shape index (κ1) is 9.96. The normalized spacial score (nSPS) is 21.9. The van der Waals surface area contributed by atoms with E-state index in [-0.39, 0.29) is 11.8 Å². The Morgan fingerprint density at radius 3 is 2.54 bits per heavy atom. The molecule has 0 bridgehead atoms. The summed E-state index contributed by atoms with van der Waals surface area (Å²) in [6.45, 7) is 6.25. The summed E-state index contributed by atoms with van der Waals surface area (Å²) in [5.41, 5.74) is 0.928. The van der Waals surface area contributed by atoms with Crippen molar-refractivity contribution in [3.8, 4) is 0 Å². The summed E-state index contributed by atoms with van der Waals surface area (Å²) in [7, 11) is 0. The highest BCUT2D eigenvalue weighted by atomic mass is 16.2. The predicted molar refractivity (Wildman–Crippen MR) is 49.9 cm³/mol. The molecule has 0 saturated carbocycles. The van der Waals surface area contributed by atoms with Gasteiger partial charge in [0.25, 0.3) is 5.91 Å². The van der Waals surface area contributed by atoms with Crippen LogP contribution in [-0.4, -0.2) is 23.3 Å². The molecule has 1 atom stereocenters. The molecular weight excluding hydrogens is 166 g/mol. The fourth-order valence-corrected chi connectivity index (χ4v) is 1.42. The van der Waals surface area contributed by atoms with E-state index >= 15 is 0 Å². The van der Waals surface area contributed by atoms with Crippen LogP contribution in [0.25, 0.3) is 0 Å². The molecule has 1 aliphatic heterocycles. The van der Waals surface area contributed by atoms with Crippen molar-refractivity contribution in [2.45, 2.75) is 27.2 Å². The third-order valence-electron chi connectivity index (χ3n) is 2.00. The van der Waals surface area contributed by atoms with Crippen LogP contribution in [0.1, 0.15) is 27.2 Å². The lowest BCUT2D eigenvalue weighted by Gasteiger charge is -2.11. The topological polar surface area (TPSA) is 37.4 Å². The highest BCUT2D eigenvalue weighted by molar-refractivity contribution is 6.02. The number of rotatable bonds is 1. The second-order valence-corrected chi connectivity index (χ2v) is 3.87. The van der Waals surface area contributed by atoms with Gasteiger partial charge in [-0.3, -0.25) is 14.5 Å². The molecule has 1 rings (SSSR count). The fraction of sp³-hybridized carbons (Fsp3) is 0.600. The summed E-state index contributed by atoms with van der Waals surface area (Å²) >= 11 is 0. The summed E-state index contributed by atoms with van der Waals surface area (Å²) < 4.78 is 0. The monoisotopic (exact) mass is 181 g/mol. The van der Waals surface area contributed by atoms with E-state index in [4.69, 9.17) is 0 Å². The number of hydrogen-bond donors (Lipinski definition) is 0. The van der Waals surface area contributed by atoms with Crippen LogP contribution in [0.2, 0.25) is 0 Å². The van der Waals surface area contributed by atoms with Crippen molar-refractivity contribution < 1.29 is 9.59 Å². The average Bonchev–Trinajstić information content (AvgIpc) is 2.28. The van der Waals surface area contributed by atoms with Gasteiger partial charge in [0, 0.05) is 19.0 Å². The van der Waals surface area contributed by atoms with Crippen LogP contribution in [0.15, 0.2) is 11.6 Å². The molecule has 13 heavy (non-hydrogen) atoms. The van der Waals surface area contributed by atoms with Gasteiger partial charge in [-0.2, -0.15) is 0 Å². The Bertz CT molecular complexity index is 264. The molecule has 1 unspecified atom stereocenters. The summed E-state index contributed by atoms with van der Waals surface area (Å²) in [5.74, 6) is 0.0892. The molecule has 72 valence electrons. The lowest BCUT2D eigenvalue weighted by molar-refractivity contribution is -0.138. The van der Waals surface area contributed by atoms with Crippen molar-refractivity contribution in [2.75, 3.05) is 6.54 Å². The number of allylic oxidation sites excluding steroid dienone is 1. The average molecular weight is 181 g/mol. The molecule has 0 aromatic heterocycles. The lowest BCUT2D eigenvalue weighted by Crippen LogP contribution is -2.30. The van der Waals surface area contributed by atoms with E-state index in [1.165, 1.54) is 11.0 Å². The van der Waals surface area contributed by atoms with E-state index in [0.29, 0.717) is 18.9 Å². The maximum absolute atomic E-state index is 11.4. The van der Waals surface area contributed by atoms with Gasteiger partial charge < -0.3 is 0 Å². The summed E-state index contributed by atoms with van der Waals surface area (Å²) in [5, 5.41) is 0. The lowest BCUT2D eigenvalue weighted by atomic mass is 10.2. The third kappa shape index (κ3) is 2.41. The minimum absolute atomic E-state index is 0.0463. The number of carbonyl (C=O) groups is 2. The highest BCUT2D eigenvalue weighted by Gasteiger charge is 2.29. The molecular formula is C10H15NO2. The number of amides is 2. The van der Waals surface area contributed by atoms with Crippen LogP contribution in [-0.2, 0) is 9.59 Å². The maximum Gasteiger partial charge on any atom is 0.253 e. The first-order valence-electron chi connectivity index (χ1n) is 4.50. The number of likely N-dealkylation sites (tertiary alicyclic amines) is 1. The Kier molecular flexibility index (Phi) is 2.86. The van der Waals surface area contributed by atoms with Crippen LogP contribution in [0, 0.1) is 5.92 Å². The highest BCUT2D eigenvalue weighted by Crippen LogP contribution is 2.17. The molecule has 0 aromatic carbocycles. The maximum atomic E-state index is 11.4. The van der Waals surface area contributed by atoms with E-state index in [1.54, 1.807) is 0 Å². The minimum atomic E-state index is -0.172. The second kappa shape index (κ2) is 3.73. The van der Waals surface area contributed by atoms with Crippen molar-refractivity contribution in [3.63, 3.8) is 0 Å². The molecule has 1 heterocycles. The molecule has 1 aliphatic rings. The standard InChI is InChI=1S/C10H15NO2/c1-7(2)4-9(12)11-6-8(3)5-10(11)13/h4,8H,5-6H2,1-3H3. The predicted octanol–water partition coefficient (Wildman–Crippen LogP) is 1.35. The molecule has 1 fully saturated rings. The summed E-state index contributed by atoms with van der Waals surface area (Å²) in [4.78, 5) is 24.1. The van der Waals surface area contributed by atoms with Crippen molar-refractivity contribution in [1.82, 2.24) is 4.90 Å². The van der Waals surface area contributed by atoms with Gasteiger partial charge in [-0.05, 0) is 19.8 Å². The van der Waals surface area contributed by atoms with Crippen molar-refractivity contribution >= 4 is 11.8 Å². The van der Waals surface area contributed by atoms with Crippen LogP contribution >= 0.6 is 0 Å². The molecule has 0 aliphatic carbocycles. The van der Waals surface area contributed by atoms with E-state index < -0.39 is 0 Å². The Morgan fingerprint density at radius 1 is 1.54 bits per heavy atom. The van der Waals surface area contributed by atoms with Gasteiger partial charge in [0.2, 0.25) is 5.91 Å². The van der Waals surface area contributed by atoms with E-state index in [9.17, 15) is 9.59 Å². The van der Waals surface area contributed by atoms with E-state index in [2.05, 4.69) is 0 Å². The van der Waals surface area contributed by atoms with Gasteiger partial charge in [0.05, 0.1) is 0 Å². The summed E-state index contributed by atoms with van der Waals surface area (Å²) in [6.07, 6.45) is 2.01. The van der Waals surface area contributed by atoms with Crippen LogP contribution < -0.4 is 0 Å². The molecule has 0 radical (unpaired) electrons. The van der Waals surface area contributed by atoms with Crippen molar-refractivity contribution in [1.29, 1.82) is 0 Å². The van der Waals surface area contributed by atoms with Crippen molar-refractivity contribution in [3.05, 3.63) is 11.6 Å². The Hall–Kier alpha value is -1.12. The van der Waals surface area contributed by atoms with Crippen LogP contribution in [0.4, 0.5) is 0 Å². The number of nitrogens with zero attached hydrogens (tertiary/aromatic N) is 1. The first-order valence-corrected chi connectivity index (χ1v) is 4.50. The van der Waals surface area contributed by atoms with Gasteiger partial charge in [0.1, 0.15) is 0 Å². The Labute approximate surface area is 78.4 Å². The van der Waals surface area contributed by atoms with Gasteiger partial charge >= 0.3 is 0 Å². The molecule has 1 saturated heterocycles.